The summed E-state index contributed by atoms with van der Waals surface area (Å²) in [6.07, 6.45) is 0. The number of likely N-dealkylation sites (N-methyl/N-ethyl adjacent to an activating group) is 1. The smallest absolute Gasteiger partial charge is 0.282 e. The van der Waals surface area contributed by atoms with Crippen LogP contribution in [0.1, 0.15) is 6.92 Å². The predicted octanol–water partition coefficient (Wildman–Crippen LogP) is 1.12. The van der Waals surface area contributed by atoms with Gasteiger partial charge in [-0.3, -0.25) is 9.59 Å². The van der Waals surface area contributed by atoms with Crippen molar-refractivity contribution in [1.82, 2.24) is 5.32 Å². The summed E-state index contributed by atoms with van der Waals surface area (Å²) in [4.78, 5) is 23.3. The Morgan fingerprint density at radius 1 is 1.04 bits per heavy atom. The van der Waals surface area contributed by atoms with Gasteiger partial charge in [0.25, 0.3) is 11.8 Å². The average molecular weight is 328 g/mol. The number of hydrogen-bond acceptors (Lipinski definition) is 3. The molecular weight excluding hydrogens is 306 g/mol. The maximum absolute atomic E-state index is 12.1. The molecule has 0 aliphatic carbocycles. The highest BCUT2D eigenvalue weighted by atomic mass is 16.5. The van der Waals surface area contributed by atoms with Crippen molar-refractivity contribution in [1.29, 1.82) is 0 Å². The summed E-state index contributed by atoms with van der Waals surface area (Å²) >= 11 is 0. The van der Waals surface area contributed by atoms with E-state index in [4.69, 9.17) is 4.74 Å². The third kappa shape index (κ3) is 5.40. The fourth-order valence-electron chi connectivity index (χ4n) is 1.98. The normalized spacial score (nSPS) is 11.4. The van der Waals surface area contributed by atoms with Crippen molar-refractivity contribution in [2.24, 2.45) is 0 Å². The molecule has 6 heteroatoms. The van der Waals surface area contributed by atoms with Gasteiger partial charge in [0.2, 0.25) is 0 Å². The van der Waals surface area contributed by atoms with Gasteiger partial charge < -0.3 is 20.7 Å². The van der Waals surface area contributed by atoms with Gasteiger partial charge in [0, 0.05) is 12.7 Å². The molecule has 0 aliphatic heterocycles. The van der Waals surface area contributed by atoms with E-state index in [1.165, 1.54) is 0 Å². The zero-order valence-corrected chi connectivity index (χ0v) is 13.8. The lowest BCUT2D eigenvalue weighted by Crippen LogP contribution is -2.93. The summed E-state index contributed by atoms with van der Waals surface area (Å²) in [6.45, 7) is 1.97. The summed E-state index contributed by atoms with van der Waals surface area (Å²) in [7, 11) is 1.57. The highest BCUT2D eigenvalue weighted by molar-refractivity contribution is 5.93. The van der Waals surface area contributed by atoms with Crippen LogP contribution in [0.2, 0.25) is 0 Å². The van der Waals surface area contributed by atoms with Crippen LogP contribution in [0.4, 0.5) is 5.69 Å². The molecule has 0 heterocycles. The van der Waals surface area contributed by atoms with Crippen molar-refractivity contribution in [3.8, 4) is 11.5 Å². The standard InChI is InChI=1S/C18H21N3O3/c1-13(20-12-17(22)19-2)18(23)21-14-8-10-16(11-9-14)24-15-6-4-3-5-7-15/h3-11,13,20H,12H2,1-2H3,(H,19,22)(H,21,23)/p+1/t13-/m0/s1. The van der Waals surface area contributed by atoms with Crippen molar-refractivity contribution in [2.45, 2.75) is 13.0 Å². The summed E-state index contributed by atoms with van der Waals surface area (Å²) in [5.74, 6) is 1.18. The van der Waals surface area contributed by atoms with E-state index in [9.17, 15) is 9.59 Å². The molecule has 126 valence electrons. The molecular formula is C18H22N3O3+. The van der Waals surface area contributed by atoms with Gasteiger partial charge in [0.1, 0.15) is 11.5 Å². The van der Waals surface area contributed by atoms with E-state index in [0.717, 1.165) is 5.75 Å². The molecule has 0 radical (unpaired) electrons. The monoisotopic (exact) mass is 328 g/mol. The summed E-state index contributed by atoms with van der Waals surface area (Å²) < 4.78 is 5.70. The summed E-state index contributed by atoms with van der Waals surface area (Å²) in [5.41, 5.74) is 0.681. The number of carbonyl (C=O) groups is 2. The van der Waals surface area contributed by atoms with E-state index in [2.05, 4.69) is 10.6 Å². The molecule has 0 saturated carbocycles. The lowest BCUT2D eigenvalue weighted by molar-refractivity contribution is -0.662. The number of quaternary nitrogens is 1. The van der Waals surface area contributed by atoms with Crippen LogP contribution in [-0.4, -0.2) is 31.4 Å². The SMILES string of the molecule is CNC(=O)C[NH2+][C@@H](C)C(=O)Nc1ccc(Oc2ccccc2)cc1. The first-order chi connectivity index (χ1) is 11.6. The van der Waals surface area contributed by atoms with E-state index < -0.39 is 0 Å². The lowest BCUT2D eigenvalue weighted by Gasteiger charge is -2.11. The Balaban J connectivity index is 1.86. The summed E-state index contributed by atoms with van der Waals surface area (Å²) in [5, 5.41) is 7.02. The summed E-state index contributed by atoms with van der Waals surface area (Å²) in [6, 6.07) is 16.3. The quantitative estimate of drug-likeness (QED) is 0.712. The topological polar surface area (TPSA) is 84.0 Å². The Labute approximate surface area is 141 Å². The van der Waals surface area contributed by atoms with Gasteiger partial charge in [-0.15, -0.1) is 0 Å². The van der Waals surface area contributed by atoms with Crippen LogP contribution in [0.25, 0.3) is 0 Å². The number of rotatable bonds is 7. The Morgan fingerprint density at radius 3 is 2.29 bits per heavy atom. The fraction of sp³-hybridized carbons (Fsp3) is 0.222. The van der Waals surface area contributed by atoms with Crippen molar-refractivity contribution in [2.75, 3.05) is 18.9 Å². The van der Waals surface area contributed by atoms with Gasteiger partial charge in [-0.2, -0.15) is 0 Å². The Morgan fingerprint density at radius 2 is 1.67 bits per heavy atom. The van der Waals surface area contributed by atoms with E-state index in [0.29, 0.717) is 11.4 Å². The molecule has 0 saturated heterocycles. The molecule has 1 atom stereocenters. The minimum Gasteiger partial charge on any atom is -0.457 e. The van der Waals surface area contributed by atoms with E-state index >= 15 is 0 Å². The third-order valence-electron chi connectivity index (χ3n) is 3.45. The Hall–Kier alpha value is -2.86. The largest absolute Gasteiger partial charge is 0.457 e. The number of anilines is 1. The first kappa shape index (κ1) is 17.5. The third-order valence-corrected chi connectivity index (χ3v) is 3.45. The highest BCUT2D eigenvalue weighted by Crippen LogP contribution is 2.22. The minimum absolute atomic E-state index is 0.114. The van der Waals surface area contributed by atoms with Crippen LogP contribution in [-0.2, 0) is 9.59 Å². The van der Waals surface area contributed by atoms with Crippen molar-refractivity contribution >= 4 is 17.5 Å². The number of ether oxygens (including phenoxy) is 1. The molecule has 24 heavy (non-hydrogen) atoms. The van der Waals surface area contributed by atoms with Crippen LogP contribution in [0, 0.1) is 0 Å². The second-order valence-corrected chi connectivity index (χ2v) is 5.33. The number of amides is 2. The van der Waals surface area contributed by atoms with Crippen molar-refractivity contribution in [3.05, 3.63) is 54.6 Å². The van der Waals surface area contributed by atoms with Crippen LogP contribution >= 0.6 is 0 Å². The minimum atomic E-state index is -0.359. The van der Waals surface area contributed by atoms with Gasteiger partial charge in [-0.05, 0) is 43.3 Å². The van der Waals surface area contributed by atoms with Crippen LogP contribution in [0.5, 0.6) is 11.5 Å². The van der Waals surface area contributed by atoms with Gasteiger partial charge in [-0.25, -0.2) is 0 Å². The molecule has 0 fully saturated rings. The Bertz CT molecular complexity index is 672. The number of carbonyl (C=O) groups excluding carboxylic acids is 2. The maximum atomic E-state index is 12.1. The van der Waals surface area contributed by atoms with Gasteiger partial charge in [0.05, 0.1) is 0 Å². The van der Waals surface area contributed by atoms with Crippen molar-refractivity contribution in [3.63, 3.8) is 0 Å². The van der Waals surface area contributed by atoms with E-state index in [1.807, 2.05) is 30.3 Å². The predicted molar refractivity (Wildman–Crippen MR) is 91.9 cm³/mol. The molecule has 0 aromatic heterocycles. The molecule has 6 nitrogen and oxygen atoms in total. The number of nitrogens with one attached hydrogen (secondary N) is 2. The lowest BCUT2D eigenvalue weighted by atomic mass is 10.2. The van der Waals surface area contributed by atoms with Crippen LogP contribution in [0.15, 0.2) is 54.6 Å². The van der Waals surface area contributed by atoms with Crippen LogP contribution < -0.4 is 20.7 Å². The van der Waals surface area contributed by atoms with Crippen LogP contribution in [0.3, 0.4) is 0 Å². The number of nitrogens with two attached hydrogens (primary N) is 1. The average Bonchev–Trinajstić information content (AvgIpc) is 2.61. The Kier molecular flexibility index (Phi) is 6.33. The second-order valence-electron chi connectivity index (χ2n) is 5.33. The molecule has 2 amide bonds. The van der Waals surface area contributed by atoms with Crippen molar-refractivity contribution < 1.29 is 19.6 Å². The van der Waals surface area contributed by atoms with Gasteiger partial charge in [-0.1, -0.05) is 18.2 Å². The molecule has 0 bridgehead atoms. The molecule has 4 N–H and O–H groups in total. The maximum Gasteiger partial charge on any atom is 0.282 e. The number of para-hydroxylation sites is 1. The zero-order chi connectivity index (χ0) is 17.4. The molecule has 2 aromatic rings. The molecule has 0 unspecified atom stereocenters. The number of hydrogen-bond donors (Lipinski definition) is 3. The highest BCUT2D eigenvalue weighted by Gasteiger charge is 2.17. The first-order valence-corrected chi connectivity index (χ1v) is 7.76. The fourth-order valence-corrected chi connectivity index (χ4v) is 1.98. The molecule has 2 rings (SSSR count). The number of benzene rings is 2. The van der Waals surface area contributed by atoms with E-state index in [-0.39, 0.29) is 24.4 Å². The molecule has 2 aromatic carbocycles. The zero-order valence-electron chi connectivity index (χ0n) is 13.8. The molecule has 0 aliphatic rings. The first-order valence-electron chi connectivity index (χ1n) is 7.76. The van der Waals surface area contributed by atoms with E-state index in [1.54, 1.807) is 43.6 Å². The second kappa shape index (κ2) is 8.69. The van der Waals surface area contributed by atoms with Gasteiger partial charge >= 0.3 is 0 Å². The van der Waals surface area contributed by atoms with Gasteiger partial charge in [0.15, 0.2) is 12.6 Å². The molecule has 0 spiro atoms.